The van der Waals surface area contributed by atoms with Gasteiger partial charge < -0.3 is 10.2 Å². The van der Waals surface area contributed by atoms with E-state index in [9.17, 15) is 10.2 Å². The lowest BCUT2D eigenvalue weighted by Gasteiger charge is -2.20. The second-order valence-corrected chi connectivity index (χ2v) is 11.3. The molecule has 0 aromatic heterocycles. The number of aliphatic hydroxyl groups excluding tert-OH is 2. The second-order valence-electron chi connectivity index (χ2n) is 11.3. The molecule has 214 valence electrons. The van der Waals surface area contributed by atoms with Crippen LogP contribution in [0.4, 0.5) is 0 Å². The SMILES string of the molecule is Cc1cc(C)c(C(=CCO)c2c(C)cc(C)cc2C)c(C)c1.Cc1cc(C)c(C(=CCO)c2ccccc2)c(C)c1. The van der Waals surface area contributed by atoms with E-state index in [0.29, 0.717) is 0 Å². The normalized spacial score (nSPS) is 11.1. The fraction of sp³-hybridized carbons (Fsp3) is 0.282. The lowest BCUT2D eigenvalue weighted by Crippen LogP contribution is -2.02. The maximum absolute atomic E-state index is 9.56. The molecule has 0 aliphatic rings. The van der Waals surface area contributed by atoms with Crippen LogP contribution < -0.4 is 0 Å². The molecule has 0 saturated carbocycles. The van der Waals surface area contributed by atoms with Gasteiger partial charge in [0.2, 0.25) is 0 Å². The Bertz CT molecular complexity index is 1440. The third-order valence-electron chi connectivity index (χ3n) is 7.51. The monoisotopic (exact) mass is 546 g/mol. The zero-order chi connectivity index (χ0) is 30.3. The predicted octanol–water partition coefficient (Wildman–Crippen LogP) is 9.00. The summed E-state index contributed by atoms with van der Waals surface area (Å²) in [5.74, 6) is 0. The summed E-state index contributed by atoms with van der Waals surface area (Å²) in [6, 6.07) is 23.5. The minimum absolute atomic E-state index is 0.0504. The molecule has 0 heterocycles. The van der Waals surface area contributed by atoms with Crippen molar-refractivity contribution in [3.8, 4) is 0 Å². The molecule has 0 amide bonds. The Balaban J connectivity index is 0.000000228. The van der Waals surface area contributed by atoms with Crippen molar-refractivity contribution in [1.29, 1.82) is 0 Å². The fourth-order valence-electron chi connectivity index (χ4n) is 6.31. The maximum Gasteiger partial charge on any atom is 0.0621 e. The summed E-state index contributed by atoms with van der Waals surface area (Å²) >= 11 is 0. The average molecular weight is 547 g/mol. The van der Waals surface area contributed by atoms with Crippen LogP contribution in [0.25, 0.3) is 11.1 Å². The number of hydrogen-bond donors (Lipinski definition) is 2. The molecule has 0 spiro atoms. The van der Waals surface area contributed by atoms with Gasteiger partial charge in [-0.3, -0.25) is 0 Å². The number of rotatable bonds is 6. The molecule has 0 aliphatic carbocycles. The van der Waals surface area contributed by atoms with Gasteiger partial charge in [0.25, 0.3) is 0 Å². The van der Waals surface area contributed by atoms with Gasteiger partial charge >= 0.3 is 0 Å². The van der Waals surface area contributed by atoms with Gasteiger partial charge in [-0.2, -0.15) is 0 Å². The second kappa shape index (κ2) is 14.3. The van der Waals surface area contributed by atoms with E-state index in [1.165, 1.54) is 66.8 Å². The standard InChI is InChI=1S/C21H26O.C18H20O/c1-13-9-15(3)20(16(4)10-13)19(7-8-22)21-17(5)11-14(2)12-18(21)6;1-13-11-14(2)18(15(3)12-13)17(9-10-19)16-7-5-4-6-8-16/h7,9-12,22H,8H2,1-6H3;4-9,11-12,19H,10H2,1-3H3. The summed E-state index contributed by atoms with van der Waals surface area (Å²) in [5.41, 5.74) is 18.5. The van der Waals surface area contributed by atoms with Crippen LogP contribution in [0.1, 0.15) is 72.3 Å². The first kappa shape index (κ1) is 31.8. The van der Waals surface area contributed by atoms with Gasteiger partial charge in [-0.1, -0.05) is 95.6 Å². The van der Waals surface area contributed by atoms with Gasteiger partial charge in [0.1, 0.15) is 0 Å². The molecule has 0 bridgehead atoms. The van der Waals surface area contributed by atoms with Crippen molar-refractivity contribution in [2.45, 2.75) is 62.3 Å². The Labute approximate surface area is 247 Å². The molecule has 0 aliphatic heterocycles. The topological polar surface area (TPSA) is 40.5 Å². The summed E-state index contributed by atoms with van der Waals surface area (Å²) in [7, 11) is 0. The van der Waals surface area contributed by atoms with Crippen molar-refractivity contribution >= 4 is 11.1 Å². The van der Waals surface area contributed by atoms with Crippen LogP contribution in [0.15, 0.2) is 78.9 Å². The molecule has 41 heavy (non-hydrogen) atoms. The molecule has 2 N–H and O–H groups in total. The van der Waals surface area contributed by atoms with E-state index >= 15 is 0 Å². The van der Waals surface area contributed by atoms with E-state index in [1.807, 2.05) is 30.4 Å². The van der Waals surface area contributed by atoms with Gasteiger partial charge in [-0.05, 0) is 129 Å². The van der Waals surface area contributed by atoms with Crippen molar-refractivity contribution in [3.05, 3.63) is 151 Å². The Morgan fingerprint density at radius 1 is 0.463 bits per heavy atom. The van der Waals surface area contributed by atoms with Crippen molar-refractivity contribution in [2.24, 2.45) is 0 Å². The molecule has 0 fully saturated rings. The molecule has 4 aromatic rings. The minimum Gasteiger partial charge on any atom is -0.392 e. The zero-order valence-electron chi connectivity index (χ0n) is 26.3. The minimum atomic E-state index is 0.0504. The molecule has 4 rings (SSSR count). The number of aliphatic hydroxyl groups is 2. The van der Waals surface area contributed by atoms with Gasteiger partial charge in [0.15, 0.2) is 0 Å². The van der Waals surface area contributed by atoms with Crippen molar-refractivity contribution in [2.75, 3.05) is 13.2 Å². The van der Waals surface area contributed by atoms with Crippen LogP contribution in [0.3, 0.4) is 0 Å². The number of benzene rings is 4. The zero-order valence-corrected chi connectivity index (χ0v) is 26.3. The summed E-state index contributed by atoms with van der Waals surface area (Å²) in [5, 5.41) is 18.9. The molecular weight excluding hydrogens is 500 g/mol. The van der Waals surface area contributed by atoms with E-state index in [1.54, 1.807) is 0 Å². The van der Waals surface area contributed by atoms with Gasteiger partial charge in [-0.15, -0.1) is 0 Å². The van der Waals surface area contributed by atoms with E-state index in [-0.39, 0.29) is 13.2 Å². The quantitative estimate of drug-likeness (QED) is 0.253. The molecule has 2 heteroatoms. The lowest BCUT2D eigenvalue weighted by molar-refractivity contribution is 0.343. The van der Waals surface area contributed by atoms with Crippen LogP contribution in [0, 0.1) is 62.3 Å². The highest BCUT2D eigenvalue weighted by molar-refractivity contribution is 5.86. The first-order chi connectivity index (χ1) is 19.5. The largest absolute Gasteiger partial charge is 0.392 e. The van der Waals surface area contributed by atoms with Crippen molar-refractivity contribution in [1.82, 2.24) is 0 Å². The van der Waals surface area contributed by atoms with Gasteiger partial charge in [-0.25, -0.2) is 0 Å². The molecular formula is C39H46O2. The van der Waals surface area contributed by atoms with Crippen LogP contribution in [-0.2, 0) is 0 Å². The van der Waals surface area contributed by atoms with Crippen LogP contribution in [-0.4, -0.2) is 23.4 Å². The van der Waals surface area contributed by atoms with E-state index < -0.39 is 0 Å². The Kier molecular flexibility index (Phi) is 11.1. The summed E-state index contributed by atoms with van der Waals surface area (Å²) in [6.45, 7) is 19.3. The van der Waals surface area contributed by atoms with E-state index in [2.05, 4.69) is 111 Å². The number of aryl methyl sites for hydroxylation is 9. The highest BCUT2D eigenvalue weighted by Gasteiger charge is 2.16. The molecule has 0 radical (unpaired) electrons. The van der Waals surface area contributed by atoms with Crippen LogP contribution >= 0.6 is 0 Å². The average Bonchev–Trinajstić information content (AvgIpc) is 2.87. The molecule has 4 aromatic carbocycles. The smallest absolute Gasteiger partial charge is 0.0621 e. The van der Waals surface area contributed by atoms with Gasteiger partial charge in [0, 0.05) is 0 Å². The summed E-state index contributed by atoms with van der Waals surface area (Å²) in [6.07, 6.45) is 3.83. The Hall–Kier alpha value is -3.72. The Morgan fingerprint density at radius 3 is 1.07 bits per heavy atom. The molecule has 0 atom stereocenters. The Morgan fingerprint density at radius 2 is 0.756 bits per heavy atom. The first-order valence-corrected chi connectivity index (χ1v) is 14.4. The van der Waals surface area contributed by atoms with Gasteiger partial charge in [0.05, 0.1) is 13.2 Å². The van der Waals surface area contributed by atoms with E-state index in [4.69, 9.17) is 0 Å². The van der Waals surface area contributed by atoms with Crippen molar-refractivity contribution in [3.63, 3.8) is 0 Å². The highest BCUT2D eigenvalue weighted by Crippen LogP contribution is 2.34. The third-order valence-corrected chi connectivity index (χ3v) is 7.51. The maximum atomic E-state index is 9.56. The first-order valence-electron chi connectivity index (χ1n) is 14.4. The summed E-state index contributed by atoms with van der Waals surface area (Å²) < 4.78 is 0. The molecule has 2 nitrogen and oxygen atoms in total. The van der Waals surface area contributed by atoms with E-state index in [0.717, 1.165) is 16.7 Å². The van der Waals surface area contributed by atoms with Crippen LogP contribution in [0.5, 0.6) is 0 Å². The predicted molar refractivity (Wildman–Crippen MR) is 177 cm³/mol. The number of hydrogen-bond acceptors (Lipinski definition) is 2. The highest BCUT2D eigenvalue weighted by atomic mass is 16.3. The van der Waals surface area contributed by atoms with Crippen LogP contribution in [0.2, 0.25) is 0 Å². The molecule has 0 saturated heterocycles. The lowest BCUT2D eigenvalue weighted by atomic mass is 9.85. The molecule has 0 unspecified atom stereocenters. The fourth-order valence-corrected chi connectivity index (χ4v) is 6.31. The van der Waals surface area contributed by atoms with Crippen molar-refractivity contribution < 1.29 is 10.2 Å². The third kappa shape index (κ3) is 7.73. The summed E-state index contributed by atoms with van der Waals surface area (Å²) in [4.78, 5) is 0.